The molecule has 3 rings (SSSR count). The predicted octanol–water partition coefficient (Wildman–Crippen LogP) is 4.09. The molecular formula is C19H20Cl2N2O. The summed E-state index contributed by atoms with van der Waals surface area (Å²) < 4.78 is 0. The SMILES string of the molecule is Cc1ccc2c(c1)CN(C)[C@H](CNC(=O)c1ccc(Cl)c(Cl)c1)C2. The van der Waals surface area contributed by atoms with E-state index in [0.29, 0.717) is 22.2 Å². The van der Waals surface area contributed by atoms with Crippen molar-refractivity contribution in [3.05, 3.63) is 68.7 Å². The van der Waals surface area contributed by atoms with Crippen molar-refractivity contribution in [3.63, 3.8) is 0 Å². The number of nitrogens with one attached hydrogen (secondary N) is 1. The number of rotatable bonds is 3. The molecule has 0 fully saturated rings. The van der Waals surface area contributed by atoms with Crippen molar-refractivity contribution in [2.75, 3.05) is 13.6 Å². The Labute approximate surface area is 152 Å². The largest absolute Gasteiger partial charge is 0.350 e. The van der Waals surface area contributed by atoms with Gasteiger partial charge in [0.1, 0.15) is 0 Å². The minimum Gasteiger partial charge on any atom is -0.350 e. The first kappa shape index (κ1) is 17.3. The molecule has 1 N–H and O–H groups in total. The smallest absolute Gasteiger partial charge is 0.251 e. The number of amides is 1. The molecule has 0 aliphatic carbocycles. The van der Waals surface area contributed by atoms with Crippen LogP contribution in [0.1, 0.15) is 27.0 Å². The van der Waals surface area contributed by atoms with E-state index in [9.17, 15) is 4.79 Å². The molecule has 1 aliphatic rings. The van der Waals surface area contributed by atoms with E-state index in [1.54, 1.807) is 18.2 Å². The third kappa shape index (κ3) is 3.75. The Balaban J connectivity index is 1.65. The zero-order chi connectivity index (χ0) is 17.3. The maximum Gasteiger partial charge on any atom is 0.251 e. The highest BCUT2D eigenvalue weighted by atomic mass is 35.5. The normalized spacial score (nSPS) is 17.4. The van der Waals surface area contributed by atoms with Gasteiger partial charge in [0.05, 0.1) is 10.0 Å². The van der Waals surface area contributed by atoms with Gasteiger partial charge in [0.2, 0.25) is 0 Å². The molecule has 0 unspecified atom stereocenters. The van der Waals surface area contributed by atoms with Crippen LogP contribution < -0.4 is 5.32 Å². The molecule has 0 aromatic heterocycles. The van der Waals surface area contributed by atoms with E-state index in [0.717, 1.165) is 13.0 Å². The van der Waals surface area contributed by atoms with Crippen LogP contribution in [-0.2, 0) is 13.0 Å². The number of benzene rings is 2. The van der Waals surface area contributed by atoms with Gasteiger partial charge in [-0.1, -0.05) is 47.0 Å². The van der Waals surface area contributed by atoms with E-state index in [1.165, 1.54) is 16.7 Å². The summed E-state index contributed by atoms with van der Waals surface area (Å²) in [5.74, 6) is -0.128. The van der Waals surface area contributed by atoms with Gasteiger partial charge in [-0.2, -0.15) is 0 Å². The lowest BCUT2D eigenvalue weighted by atomic mass is 9.93. The summed E-state index contributed by atoms with van der Waals surface area (Å²) >= 11 is 11.9. The van der Waals surface area contributed by atoms with Gasteiger partial charge in [-0.15, -0.1) is 0 Å². The highest BCUT2D eigenvalue weighted by Crippen LogP contribution is 2.24. The van der Waals surface area contributed by atoms with Gasteiger partial charge >= 0.3 is 0 Å². The lowest BCUT2D eigenvalue weighted by Crippen LogP contribution is -2.45. The number of nitrogens with zero attached hydrogens (tertiary/aromatic N) is 1. The van der Waals surface area contributed by atoms with Crippen LogP contribution in [0.5, 0.6) is 0 Å². The fraction of sp³-hybridized carbons (Fsp3) is 0.316. The maximum absolute atomic E-state index is 12.3. The first-order valence-electron chi connectivity index (χ1n) is 7.96. The number of hydrogen-bond donors (Lipinski definition) is 1. The van der Waals surface area contributed by atoms with Gasteiger partial charge in [-0.3, -0.25) is 9.69 Å². The lowest BCUT2D eigenvalue weighted by Gasteiger charge is -2.34. The van der Waals surface area contributed by atoms with Crippen molar-refractivity contribution < 1.29 is 4.79 Å². The molecule has 5 heteroatoms. The Morgan fingerprint density at radius 3 is 2.71 bits per heavy atom. The van der Waals surface area contributed by atoms with E-state index in [1.807, 2.05) is 0 Å². The second kappa shape index (κ2) is 7.14. The molecule has 0 bridgehead atoms. The van der Waals surface area contributed by atoms with E-state index >= 15 is 0 Å². The molecule has 126 valence electrons. The fourth-order valence-electron chi connectivity index (χ4n) is 3.09. The van der Waals surface area contributed by atoms with E-state index < -0.39 is 0 Å². The first-order chi connectivity index (χ1) is 11.4. The van der Waals surface area contributed by atoms with Crippen molar-refractivity contribution in [1.29, 1.82) is 0 Å². The number of aryl methyl sites for hydroxylation is 1. The van der Waals surface area contributed by atoms with Gasteiger partial charge in [-0.25, -0.2) is 0 Å². The standard InChI is InChI=1S/C19H20Cl2N2O/c1-12-3-4-13-8-16(23(2)11-15(13)7-12)10-22-19(24)14-5-6-17(20)18(21)9-14/h3-7,9,16H,8,10-11H2,1-2H3,(H,22,24)/t16-/m0/s1. The van der Waals surface area contributed by atoms with Crippen molar-refractivity contribution in [2.45, 2.75) is 25.9 Å². The number of carbonyl (C=O) groups is 1. The number of halogens is 2. The van der Waals surface area contributed by atoms with E-state index in [4.69, 9.17) is 23.2 Å². The van der Waals surface area contributed by atoms with Crippen molar-refractivity contribution in [1.82, 2.24) is 10.2 Å². The number of likely N-dealkylation sites (N-methyl/N-ethyl adjacent to an activating group) is 1. The number of hydrogen-bond acceptors (Lipinski definition) is 2. The van der Waals surface area contributed by atoms with Crippen LogP contribution in [-0.4, -0.2) is 30.4 Å². The summed E-state index contributed by atoms with van der Waals surface area (Å²) in [5, 5.41) is 3.85. The lowest BCUT2D eigenvalue weighted by molar-refractivity contribution is 0.0934. The van der Waals surface area contributed by atoms with Gasteiger partial charge < -0.3 is 5.32 Å². The summed E-state index contributed by atoms with van der Waals surface area (Å²) in [4.78, 5) is 14.6. The first-order valence-corrected chi connectivity index (χ1v) is 8.71. The Hall–Kier alpha value is -1.55. The van der Waals surface area contributed by atoms with Crippen LogP contribution in [0.3, 0.4) is 0 Å². The van der Waals surface area contributed by atoms with Gasteiger partial charge in [0.25, 0.3) is 5.91 Å². The average molecular weight is 363 g/mol. The Kier molecular flexibility index (Phi) is 5.14. The molecule has 0 saturated carbocycles. The fourth-order valence-corrected chi connectivity index (χ4v) is 3.38. The summed E-state index contributed by atoms with van der Waals surface area (Å²) in [6.07, 6.45) is 0.938. The molecule has 1 amide bonds. The molecule has 0 saturated heterocycles. The number of carbonyl (C=O) groups excluding carboxylic acids is 1. The molecule has 24 heavy (non-hydrogen) atoms. The van der Waals surface area contributed by atoms with Crippen LogP contribution in [0, 0.1) is 6.92 Å². The average Bonchev–Trinajstić information content (AvgIpc) is 2.55. The maximum atomic E-state index is 12.3. The van der Waals surface area contributed by atoms with E-state index in [-0.39, 0.29) is 11.9 Å². The highest BCUT2D eigenvalue weighted by molar-refractivity contribution is 6.42. The van der Waals surface area contributed by atoms with Crippen LogP contribution in [0.2, 0.25) is 10.0 Å². The monoisotopic (exact) mass is 362 g/mol. The topological polar surface area (TPSA) is 32.3 Å². The van der Waals surface area contributed by atoms with Crippen molar-refractivity contribution in [3.8, 4) is 0 Å². The van der Waals surface area contributed by atoms with Crippen molar-refractivity contribution >= 4 is 29.1 Å². The second-order valence-corrected chi connectivity index (χ2v) is 7.20. The molecule has 1 heterocycles. The molecule has 2 aromatic carbocycles. The summed E-state index contributed by atoms with van der Waals surface area (Å²) in [5.41, 5.74) is 4.56. The molecule has 3 nitrogen and oxygen atoms in total. The van der Waals surface area contributed by atoms with Gasteiger partial charge in [0.15, 0.2) is 0 Å². The zero-order valence-electron chi connectivity index (χ0n) is 13.8. The molecule has 0 spiro atoms. The minimum absolute atomic E-state index is 0.128. The molecule has 1 atom stereocenters. The van der Waals surface area contributed by atoms with Crippen LogP contribution in [0.4, 0.5) is 0 Å². The van der Waals surface area contributed by atoms with Crippen molar-refractivity contribution in [2.24, 2.45) is 0 Å². The quantitative estimate of drug-likeness (QED) is 0.891. The third-order valence-corrected chi connectivity index (χ3v) is 5.28. The molecule has 0 radical (unpaired) electrons. The minimum atomic E-state index is -0.128. The molecule has 2 aromatic rings. The second-order valence-electron chi connectivity index (χ2n) is 6.38. The van der Waals surface area contributed by atoms with E-state index in [2.05, 4.69) is 42.4 Å². The number of fused-ring (bicyclic) bond motifs is 1. The van der Waals surface area contributed by atoms with Crippen LogP contribution >= 0.6 is 23.2 Å². The van der Waals surface area contributed by atoms with Gasteiger partial charge in [-0.05, 0) is 49.7 Å². The molecule has 1 aliphatic heterocycles. The Morgan fingerprint density at radius 1 is 1.17 bits per heavy atom. The molecular weight excluding hydrogens is 343 g/mol. The summed E-state index contributed by atoms with van der Waals surface area (Å²) in [6, 6.07) is 11.8. The predicted molar refractivity (Wildman–Crippen MR) is 98.9 cm³/mol. The Bertz CT molecular complexity index is 776. The Morgan fingerprint density at radius 2 is 1.96 bits per heavy atom. The van der Waals surface area contributed by atoms with Crippen LogP contribution in [0.25, 0.3) is 0 Å². The third-order valence-electron chi connectivity index (χ3n) is 4.54. The van der Waals surface area contributed by atoms with Gasteiger partial charge in [0, 0.05) is 24.7 Å². The van der Waals surface area contributed by atoms with Crippen LogP contribution in [0.15, 0.2) is 36.4 Å². The zero-order valence-corrected chi connectivity index (χ0v) is 15.3. The summed E-state index contributed by atoms with van der Waals surface area (Å²) in [7, 11) is 2.10. The summed E-state index contributed by atoms with van der Waals surface area (Å²) in [6.45, 7) is 3.62. The highest BCUT2D eigenvalue weighted by Gasteiger charge is 2.23.